The van der Waals surface area contributed by atoms with Gasteiger partial charge in [0.25, 0.3) is 0 Å². The molecular formula is C15H13N3O. The number of Topliss-reactive ketones (excluding diaryl/α,β-unsaturated/α-hetero) is 1. The van der Waals surface area contributed by atoms with E-state index in [2.05, 4.69) is 10.1 Å². The van der Waals surface area contributed by atoms with Crippen molar-refractivity contribution in [1.29, 1.82) is 0 Å². The van der Waals surface area contributed by atoms with Gasteiger partial charge in [0.2, 0.25) is 0 Å². The van der Waals surface area contributed by atoms with Crippen molar-refractivity contribution in [2.24, 2.45) is 7.05 Å². The van der Waals surface area contributed by atoms with E-state index in [1.807, 2.05) is 43.6 Å². The number of pyridine rings is 1. The van der Waals surface area contributed by atoms with Gasteiger partial charge in [0, 0.05) is 31.2 Å². The van der Waals surface area contributed by atoms with Crippen LogP contribution < -0.4 is 0 Å². The second-order valence-corrected chi connectivity index (χ2v) is 4.50. The van der Waals surface area contributed by atoms with E-state index in [-0.39, 0.29) is 5.78 Å². The fourth-order valence-electron chi connectivity index (χ4n) is 2.17. The maximum Gasteiger partial charge on any atom is 0.186 e. The highest BCUT2D eigenvalue weighted by atomic mass is 16.1. The van der Waals surface area contributed by atoms with Crippen LogP contribution in [0.2, 0.25) is 0 Å². The molecule has 1 aromatic carbocycles. The van der Waals surface area contributed by atoms with Crippen LogP contribution in [-0.2, 0) is 13.5 Å². The normalized spacial score (nSPS) is 10.8. The van der Waals surface area contributed by atoms with Gasteiger partial charge in [-0.05, 0) is 17.0 Å². The lowest BCUT2D eigenvalue weighted by molar-refractivity contribution is 0.0990. The van der Waals surface area contributed by atoms with E-state index in [0.29, 0.717) is 12.1 Å². The Morgan fingerprint density at radius 3 is 2.89 bits per heavy atom. The van der Waals surface area contributed by atoms with E-state index in [1.165, 1.54) is 0 Å². The molecule has 2 aromatic heterocycles. The zero-order valence-corrected chi connectivity index (χ0v) is 10.6. The minimum Gasteiger partial charge on any atom is -0.292 e. The maximum atomic E-state index is 12.3. The smallest absolute Gasteiger partial charge is 0.186 e. The van der Waals surface area contributed by atoms with Gasteiger partial charge in [0.05, 0.1) is 6.20 Å². The molecule has 0 bridgehead atoms. The van der Waals surface area contributed by atoms with Gasteiger partial charge in [0.1, 0.15) is 5.69 Å². The number of fused-ring (bicyclic) bond motifs is 1. The van der Waals surface area contributed by atoms with Gasteiger partial charge in [-0.1, -0.05) is 24.3 Å². The van der Waals surface area contributed by atoms with Gasteiger partial charge in [-0.25, -0.2) is 0 Å². The van der Waals surface area contributed by atoms with Crippen LogP contribution in [0.1, 0.15) is 16.1 Å². The lowest BCUT2D eigenvalue weighted by Gasteiger charge is -2.03. The molecule has 0 aliphatic rings. The summed E-state index contributed by atoms with van der Waals surface area (Å²) in [4.78, 5) is 16.6. The van der Waals surface area contributed by atoms with E-state index in [1.54, 1.807) is 17.1 Å². The van der Waals surface area contributed by atoms with Gasteiger partial charge in [-0.2, -0.15) is 5.10 Å². The summed E-state index contributed by atoms with van der Waals surface area (Å²) in [7, 11) is 1.84. The maximum absolute atomic E-state index is 12.3. The molecule has 19 heavy (non-hydrogen) atoms. The first-order valence-electron chi connectivity index (χ1n) is 6.08. The third-order valence-electron chi connectivity index (χ3n) is 3.06. The van der Waals surface area contributed by atoms with Crippen LogP contribution in [0.3, 0.4) is 0 Å². The first-order valence-corrected chi connectivity index (χ1v) is 6.08. The first kappa shape index (κ1) is 11.6. The summed E-state index contributed by atoms with van der Waals surface area (Å²) in [5, 5.41) is 6.01. The van der Waals surface area contributed by atoms with Gasteiger partial charge in [-0.15, -0.1) is 0 Å². The van der Waals surface area contributed by atoms with E-state index < -0.39 is 0 Å². The third kappa shape index (κ3) is 2.25. The summed E-state index contributed by atoms with van der Waals surface area (Å²) in [5.74, 6) is 0.0183. The molecule has 0 aliphatic heterocycles. The predicted octanol–water partition coefficient (Wildman–Crippen LogP) is 2.39. The molecule has 0 N–H and O–H groups in total. The molecule has 0 aliphatic carbocycles. The van der Waals surface area contributed by atoms with Crippen LogP contribution in [0, 0.1) is 0 Å². The quantitative estimate of drug-likeness (QED) is 0.671. The summed E-state index contributed by atoms with van der Waals surface area (Å²) in [6.07, 6.45) is 5.57. The van der Waals surface area contributed by atoms with E-state index in [9.17, 15) is 4.79 Å². The number of aryl methyl sites for hydroxylation is 1. The molecule has 3 aromatic rings. The molecule has 0 saturated carbocycles. The second-order valence-electron chi connectivity index (χ2n) is 4.50. The van der Waals surface area contributed by atoms with Crippen molar-refractivity contribution in [3.8, 4) is 0 Å². The molecular weight excluding hydrogens is 238 g/mol. The van der Waals surface area contributed by atoms with Crippen molar-refractivity contribution < 1.29 is 4.79 Å². The fourth-order valence-corrected chi connectivity index (χ4v) is 2.17. The van der Waals surface area contributed by atoms with Crippen LogP contribution in [0.4, 0.5) is 0 Å². The van der Waals surface area contributed by atoms with Gasteiger partial charge in [0.15, 0.2) is 5.78 Å². The zero-order chi connectivity index (χ0) is 13.2. The van der Waals surface area contributed by atoms with E-state index in [0.717, 1.165) is 16.3 Å². The summed E-state index contributed by atoms with van der Waals surface area (Å²) in [6.45, 7) is 0. The lowest BCUT2D eigenvalue weighted by atomic mass is 10.0. The standard InChI is InChI=1S/C15H13N3O/c1-18-10-11(9-17-18)8-14(19)15-13-5-3-2-4-12(13)6-7-16-15/h2-7,9-10H,8H2,1H3. The Morgan fingerprint density at radius 1 is 1.26 bits per heavy atom. The summed E-state index contributed by atoms with van der Waals surface area (Å²) in [6, 6.07) is 9.70. The third-order valence-corrected chi connectivity index (χ3v) is 3.06. The summed E-state index contributed by atoms with van der Waals surface area (Å²) < 4.78 is 1.69. The van der Waals surface area contributed by atoms with Gasteiger partial charge < -0.3 is 0 Å². The van der Waals surface area contributed by atoms with Crippen molar-refractivity contribution in [3.63, 3.8) is 0 Å². The van der Waals surface area contributed by atoms with Crippen molar-refractivity contribution in [2.75, 3.05) is 0 Å². The van der Waals surface area contributed by atoms with Crippen LogP contribution in [0.25, 0.3) is 10.8 Å². The monoisotopic (exact) mass is 251 g/mol. The van der Waals surface area contributed by atoms with Gasteiger partial charge >= 0.3 is 0 Å². The Hall–Kier alpha value is -2.49. The Kier molecular flexibility index (Phi) is 2.83. The molecule has 0 atom stereocenters. The molecule has 0 unspecified atom stereocenters. The minimum atomic E-state index is 0.0183. The second kappa shape index (κ2) is 4.65. The van der Waals surface area contributed by atoms with Crippen LogP contribution in [0.5, 0.6) is 0 Å². The molecule has 2 heterocycles. The van der Waals surface area contributed by atoms with Crippen LogP contribution in [-0.4, -0.2) is 20.5 Å². The largest absolute Gasteiger partial charge is 0.292 e. The van der Waals surface area contributed by atoms with Crippen molar-refractivity contribution in [2.45, 2.75) is 6.42 Å². The number of benzene rings is 1. The number of aromatic nitrogens is 3. The predicted molar refractivity (Wildman–Crippen MR) is 73.0 cm³/mol. The van der Waals surface area contributed by atoms with Crippen molar-refractivity contribution in [1.82, 2.24) is 14.8 Å². The fraction of sp³-hybridized carbons (Fsp3) is 0.133. The molecule has 0 spiro atoms. The highest BCUT2D eigenvalue weighted by molar-refractivity contribution is 6.06. The molecule has 0 saturated heterocycles. The highest BCUT2D eigenvalue weighted by Gasteiger charge is 2.12. The van der Waals surface area contributed by atoms with Crippen LogP contribution in [0.15, 0.2) is 48.9 Å². The molecule has 3 rings (SSSR count). The van der Waals surface area contributed by atoms with Crippen molar-refractivity contribution in [3.05, 3.63) is 60.2 Å². The Morgan fingerprint density at radius 2 is 2.11 bits per heavy atom. The number of carbonyl (C=O) groups excluding carboxylic acids is 1. The first-order chi connectivity index (χ1) is 9.24. The average molecular weight is 251 g/mol. The average Bonchev–Trinajstić information content (AvgIpc) is 2.83. The Bertz CT molecular complexity index is 740. The number of hydrogen-bond acceptors (Lipinski definition) is 3. The number of carbonyl (C=O) groups is 1. The summed E-state index contributed by atoms with van der Waals surface area (Å²) >= 11 is 0. The molecule has 0 radical (unpaired) electrons. The summed E-state index contributed by atoms with van der Waals surface area (Å²) in [5.41, 5.74) is 1.43. The lowest BCUT2D eigenvalue weighted by Crippen LogP contribution is -2.06. The van der Waals surface area contributed by atoms with Gasteiger partial charge in [-0.3, -0.25) is 14.5 Å². The SMILES string of the molecule is Cn1cc(CC(=O)c2nccc3ccccc23)cn1. The van der Waals surface area contributed by atoms with E-state index >= 15 is 0 Å². The number of nitrogens with zero attached hydrogens (tertiary/aromatic N) is 3. The molecule has 4 nitrogen and oxygen atoms in total. The number of rotatable bonds is 3. The zero-order valence-electron chi connectivity index (χ0n) is 10.6. The Balaban J connectivity index is 1.97. The molecule has 4 heteroatoms. The molecule has 94 valence electrons. The van der Waals surface area contributed by atoms with Crippen LogP contribution >= 0.6 is 0 Å². The highest BCUT2D eigenvalue weighted by Crippen LogP contribution is 2.17. The number of hydrogen-bond donors (Lipinski definition) is 0. The minimum absolute atomic E-state index is 0.0183. The Labute approximate surface area is 110 Å². The molecule has 0 amide bonds. The number of ketones is 1. The topological polar surface area (TPSA) is 47.8 Å². The van der Waals surface area contributed by atoms with Crippen molar-refractivity contribution >= 4 is 16.6 Å². The molecule has 0 fully saturated rings. The van der Waals surface area contributed by atoms with E-state index in [4.69, 9.17) is 0 Å².